The summed E-state index contributed by atoms with van der Waals surface area (Å²) in [6.07, 6.45) is 0.248. The van der Waals surface area contributed by atoms with Gasteiger partial charge in [-0.15, -0.1) is 0 Å². The first kappa shape index (κ1) is 27.0. The third-order valence-electron chi connectivity index (χ3n) is 6.39. The summed E-state index contributed by atoms with van der Waals surface area (Å²) in [6, 6.07) is 4.27. The summed E-state index contributed by atoms with van der Waals surface area (Å²) >= 11 is 5.81. The van der Waals surface area contributed by atoms with Gasteiger partial charge in [0, 0.05) is 35.1 Å². The van der Waals surface area contributed by atoms with Crippen molar-refractivity contribution < 1.29 is 28.0 Å². The van der Waals surface area contributed by atoms with Crippen LogP contribution in [0.1, 0.15) is 45.8 Å². The van der Waals surface area contributed by atoms with Crippen LogP contribution in [0, 0.1) is 0 Å². The SMILES string of the molecule is [B]c1cc(Cl)c([B])c([B])c1C(F)(F)C(=O)N([B])C([B])c1ccc2c(c1)CN(C1CCC(=O)NC1=O)C2=O. The fourth-order valence-electron chi connectivity index (χ4n) is 4.39. The van der Waals surface area contributed by atoms with Crippen LogP contribution in [0.3, 0.4) is 0 Å². The topological polar surface area (TPSA) is 86.8 Å². The lowest BCUT2D eigenvalue weighted by Crippen LogP contribution is -2.52. The number of rotatable bonds is 5. The van der Waals surface area contributed by atoms with Crippen LogP contribution in [0.4, 0.5) is 8.78 Å². The number of fused-ring (bicyclic) bond motifs is 1. The summed E-state index contributed by atoms with van der Waals surface area (Å²) in [5.41, 5.74) is -1.83. The van der Waals surface area contributed by atoms with E-state index in [4.69, 9.17) is 51.0 Å². The molecule has 10 radical (unpaired) electrons. The predicted octanol–water partition coefficient (Wildman–Crippen LogP) is -1.65. The van der Waals surface area contributed by atoms with Crippen LogP contribution in [0.2, 0.25) is 5.02 Å². The first-order valence-corrected chi connectivity index (χ1v) is 11.3. The van der Waals surface area contributed by atoms with Crippen LogP contribution in [-0.2, 0) is 26.9 Å². The highest BCUT2D eigenvalue weighted by atomic mass is 35.5. The zero-order valence-corrected chi connectivity index (χ0v) is 19.9. The van der Waals surface area contributed by atoms with E-state index in [1.54, 1.807) is 0 Å². The zero-order valence-electron chi connectivity index (χ0n) is 19.1. The second kappa shape index (κ2) is 9.70. The lowest BCUT2D eigenvalue weighted by Gasteiger charge is -2.32. The summed E-state index contributed by atoms with van der Waals surface area (Å²) in [7, 11) is 28.7. The second-order valence-corrected chi connectivity index (χ2v) is 9.11. The number of alkyl halides is 2. The van der Waals surface area contributed by atoms with E-state index in [2.05, 4.69) is 5.32 Å². The maximum absolute atomic E-state index is 15.2. The van der Waals surface area contributed by atoms with Gasteiger partial charge >= 0.3 is 5.92 Å². The minimum atomic E-state index is -4.31. The summed E-state index contributed by atoms with van der Waals surface area (Å²) in [4.78, 5) is 50.7. The highest BCUT2D eigenvalue weighted by Crippen LogP contribution is 2.33. The third-order valence-corrected chi connectivity index (χ3v) is 6.71. The highest BCUT2D eigenvalue weighted by molar-refractivity contribution is 6.57. The summed E-state index contributed by atoms with van der Waals surface area (Å²) in [5.74, 6) is -9.24. The van der Waals surface area contributed by atoms with Crippen molar-refractivity contribution in [1.82, 2.24) is 15.0 Å². The van der Waals surface area contributed by atoms with E-state index in [-0.39, 0.29) is 45.8 Å². The molecule has 37 heavy (non-hydrogen) atoms. The van der Waals surface area contributed by atoms with Crippen molar-refractivity contribution in [2.45, 2.75) is 37.3 Å². The predicted molar refractivity (Wildman–Crippen MR) is 135 cm³/mol. The Morgan fingerprint density at radius 1 is 1.16 bits per heavy atom. The molecule has 2 atom stereocenters. The van der Waals surface area contributed by atoms with Gasteiger partial charge in [-0.1, -0.05) is 46.2 Å². The molecule has 176 valence electrons. The van der Waals surface area contributed by atoms with Crippen LogP contribution in [-0.4, -0.2) is 78.7 Å². The number of carbonyl (C=O) groups excluding carboxylic acids is 4. The van der Waals surface area contributed by atoms with Crippen molar-refractivity contribution in [1.29, 1.82) is 0 Å². The smallest absolute Gasteiger partial charge is 0.347 e. The number of imide groups is 1. The molecule has 0 bridgehead atoms. The molecule has 2 unspecified atom stereocenters. The van der Waals surface area contributed by atoms with Gasteiger partial charge in [0.2, 0.25) is 19.8 Å². The summed E-state index contributed by atoms with van der Waals surface area (Å²) in [5, 5.41) is 2.03. The van der Waals surface area contributed by atoms with Gasteiger partial charge in [0.1, 0.15) is 37.4 Å². The van der Waals surface area contributed by atoms with Gasteiger partial charge < -0.3 is 9.71 Å². The monoisotopic (exact) mass is 511 g/mol. The molecule has 1 N–H and O–H groups in total. The Balaban J connectivity index is 1.57. The van der Waals surface area contributed by atoms with Gasteiger partial charge in [-0.25, -0.2) is 0 Å². The number of piperidine rings is 1. The van der Waals surface area contributed by atoms with Gasteiger partial charge in [-0.2, -0.15) is 8.78 Å². The number of nitrogens with one attached hydrogen (secondary N) is 1. The molecule has 2 heterocycles. The van der Waals surface area contributed by atoms with Gasteiger partial charge in [0.05, 0.1) is 0 Å². The Hall–Kier alpha value is -3.01. The minimum absolute atomic E-state index is 0.00675. The maximum atomic E-state index is 15.2. The molecule has 2 aromatic carbocycles. The van der Waals surface area contributed by atoms with Crippen molar-refractivity contribution >= 4 is 91.0 Å². The van der Waals surface area contributed by atoms with Crippen molar-refractivity contribution in [2.24, 2.45) is 0 Å². The number of amides is 4. The molecule has 1 saturated heterocycles. The van der Waals surface area contributed by atoms with Gasteiger partial charge in [0.15, 0.2) is 0 Å². The van der Waals surface area contributed by atoms with E-state index < -0.39 is 58.0 Å². The molecule has 0 spiro atoms. The molecule has 2 aliphatic rings. The molecule has 15 heteroatoms. The lowest BCUT2D eigenvalue weighted by molar-refractivity contribution is -0.154. The number of hydrogen-bond donors (Lipinski definition) is 1. The van der Waals surface area contributed by atoms with Crippen LogP contribution < -0.4 is 21.7 Å². The number of benzene rings is 2. The average molecular weight is 511 g/mol. The van der Waals surface area contributed by atoms with E-state index in [0.29, 0.717) is 5.56 Å². The standard InChI is InChI=1S/C22H13B5ClF2N3O4/c23-11-6-12(28)16(24)17(25)15(11)22(29,30)21(37)33(27)18(26)8-1-2-10-9(5-8)7-32(20(10)36)13-3-4-14(34)31-19(13)35/h1-2,5-6,13,18H,3-4,7H2,(H,31,34,35). The number of halogens is 3. The summed E-state index contributed by atoms with van der Waals surface area (Å²) in [6.45, 7) is 0.00675. The lowest BCUT2D eigenvalue weighted by atomic mass is 9.71. The second-order valence-electron chi connectivity index (χ2n) is 8.70. The van der Waals surface area contributed by atoms with Crippen molar-refractivity contribution in [3.8, 4) is 0 Å². The zero-order chi connectivity index (χ0) is 27.4. The maximum Gasteiger partial charge on any atom is 0.347 e. The Morgan fingerprint density at radius 3 is 2.49 bits per heavy atom. The van der Waals surface area contributed by atoms with Crippen molar-refractivity contribution in [3.63, 3.8) is 0 Å². The first-order chi connectivity index (χ1) is 17.2. The summed E-state index contributed by atoms with van der Waals surface area (Å²) < 4.78 is 30.4. The van der Waals surface area contributed by atoms with Gasteiger partial charge in [-0.05, 0) is 23.6 Å². The fraction of sp³-hybridized carbons (Fsp3) is 0.273. The van der Waals surface area contributed by atoms with E-state index in [1.165, 1.54) is 23.1 Å². The van der Waals surface area contributed by atoms with E-state index in [9.17, 15) is 19.2 Å². The Morgan fingerprint density at radius 2 is 1.84 bits per heavy atom. The first-order valence-electron chi connectivity index (χ1n) is 10.9. The van der Waals surface area contributed by atoms with E-state index >= 15 is 8.78 Å². The Bertz CT molecular complexity index is 1360. The molecular formula is C22H13B5ClF2N3O4. The largest absolute Gasteiger partial charge is 0.393 e. The quantitative estimate of drug-likeness (QED) is 0.386. The third kappa shape index (κ3) is 4.60. The molecule has 0 aliphatic carbocycles. The molecule has 2 aliphatic heterocycles. The highest BCUT2D eigenvalue weighted by Gasteiger charge is 2.46. The molecule has 2 aromatic rings. The number of nitrogens with zero attached hydrogens (tertiary/aromatic N) is 2. The van der Waals surface area contributed by atoms with Gasteiger partial charge in [0.25, 0.3) is 11.8 Å². The fourth-order valence-corrected chi connectivity index (χ4v) is 4.61. The average Bonchev–Trinajstić information content (AvgIpc) is 3.16. The van der Waals surface area contributed by atoms with Crippen LogP contribution in [0.15, 0.2) is 24.3 Å². The van der Waals surface area contributed by atoms with Crippen LogP contribution in [0.5, 0.6) is 0 Å². The van der Waals surface area contributed by atoms with Crippen molar-refractivity contribution in [3.05, 3.63) is 51.5 Å². The molecular weight excluding hydrogens is 498 g/mol. The van der Waals surface area contributed by atoms with Gasteiger partial charge in [-0.3, -0.25) is 24.5 Å². The molecule has 4 rings (SSSR count). The Labute approximate surface area is 222 Å². The Kier molecular flexibility index (Phi) is 7.09. The molecule has 1 fully saturated rings. The number of hydrogen-bond acceptors (Lipinski definition) is 4. The minimum Gasteiger partial charge on any atom is -0.393 e. The van der Waals surface area contributed by atoms with E-state index in [1.807, 2.05) is 0 Å². The molecule has 0 saturated carbocycles. The normalized spacial score (nSPS) is 18.4. The van der Waals surface area contributed by atoms with E-state index in [0.717, 1.165) is 6.07 Å². The molecule has 7 nitrogen and oxygen atoms in total. The number of carbonyl (C=O) groups is 4. The molecule has 4 amide bonds. The van der Waals surface area contributed by atoms with Crippen molar-refractivity contribution in [2.75, 3.05) is 0 Å². The van der Waals surface area contributed by atoms with Crippen LogP contribution >= 0.6 is 11.6 Å². The van der Waals surface area contributed by atoms with Crippen LogP contribution in [0.25, 0.3) is 0 Å². The molecule has 0 aromatic heterocycles.